The molecule has 0 spiro atoms. The molecule has 0 aromatic rings. The summed E-state index contributed by atoms with van der Waals surface area (Å²) in [6, 6.07) is 0. The predicted octanol–water partition coefficient (Wildman–Crippen LogP) is -0.314. The molecule has 2 heteroatoms. The van der Waals surface area contributed by atoms with Gasteiger partial charge in [0.05, 0.1) is 6.61 Å². The number of rotatable bonds is 1. The van der Waals surface area contributed by atoms with E-state index in [2.05, 4.69) is 17.6 Å². The molecule has 0 fully saturated rings. The van der Waals surface area contributed by atoms with E-state index in [1.165, 1.54) is 12.2 Å². The Hall–Kier alpha value is -1.00. The van der Waals surface area contributed by atoms with E-state index in [0.29, 0.717) is 0 Å². The zero-order valence-corrected chi connectivity index (χ0v) is 4.96. The highest BCUT2D eigenvalue weighted by Crippen LogP contribution is 1.63. The van der Waals surface area contributed by atoms with Gasteiger partial charge in [0, 0.05) is 6.08 Å². The van der Waals surface area contributed by atoms with Crippen molar-refractivity contribution in [3.05, 3.63) is 17.9 Å². The third-order valence-corrected chi connectivity index (χ3v) is 0.546. The fourth-order valence-corrected chi connectivity index (χ4v) is 0.250. The molecule has 0 radical (unpaired) electrons. The van der Waals surface area contributed by atoms with Gasteiger partial charge >= 0.3 is 0 Å². The zero-order valence-electron chi connectivity index (χ0n) is 4.96. The van der Waals surface area contributed by atoms with Crippen molar-refractivity contribution in [3.8, 4) is 11.8 Å². The Labute approximate surface area is 54.1 Å². The summed E-state index contributed by atoms with van der Waals surface area (Å²) in [6.45, 7) is -0.172. The Bertz CT molecular complexity index is 165. The van der Waals surface area contributed by atoms with E-state index in [0.717, 1.165) is 0 Å². The minimum atomic E-state index is -0.142. The summed E-state index contributed by atoms with van der Waals surface area (Å²) in [6.07, 6.45) is 2.87. The van der Waals surface area contributed by atoms with E-state index < -0.39 is 0 Å². The molecule has 0 rings (SSSR count). The van der Waals surface area contributed by atoms with Crippen molar-refractivity contribution in [1.29, 1.82) is 0 Å². The maximum Gasteiger partial charge on any atom is 0.104 e. The van der Waals surface area contributed by atoms with Gasteiger partial charge in [-0.3, -0.25) is 0 Å². The van der Waals surface area contributed by atoms with Crippen molar-refractivity contribution >= 4 is 0 Å². The van der Waals surface area contributed by atoms with Crippen molar-refractivity contribution in [2.45, 2.75) is 0 Å². The molecule has 2 nitrogen and oxygen atoms in total. The fourth-order valence-electron chi connectivity index (χ4n) is 0.250. The maximum atomic E-state index is 8.19. The van der Waals surface area contributed by atoms with Crippen molar-refractivity contribution in [3.63, 3.8) is 0 Å². The van der Waals surface area contributed by atoms with Gasteiger partial charge < -0.3 is 10.2 Å². The monoisotopic (exact) mass is 124 g/mol. The SMILES string of the molecule is OCC#CC=C=CCO. The predicted molar refractivity (Wildman–Crippen MR) is 34.6 cm³/mol. The summed E-state index contributed by atoms with van der Waals surface area (Å²) < 4.78 is 0. The van der Waals surface area contributed by atoms with Crippen LogP contribution < -0.4 is 0 Å². The minimum Gasteiger partial charge on any atom is -0.392 e. The molecular weight excluding hydrogens is 116 g/mol. The van der Waals surface area contributed by atoms with Crippen molar-refractivity contribution in [2.24, 2.45) is 0 Å². The molecular formula is C7H8O2. The molecule has 0 saturated heterocycles. The molecule has 0 aromatic carbocycles. The van der Waals surface area contributed by atoms with Gasteiger partial charge in [0.25, 0.3) is 0 Å². The largest absolute Gasteiger partial charge is 0.392 e. The van der Waals surface area contributed by atoms with Crippen molar-refractivity contribution in [1.82, 2.24) is 0 Å². The third kappa shape index (κ3) is 7.00. The first kappa shape index (κ1) is 8.00. The Morgan fingerprint density at radius 2 is 2.11 bits per heavy atom. The van der Waals surface area contributed by atoms with Gasteiger partial charge in [-0.25, -0.2) is 0 Å². The molecule has 0 atom stereocenters. The van der Waals surface area contributed by atoms with Crippen LogP contribution in [0.3, 0.4) is 0 Å². The number of aliphatic hydroxyl groups is 2. The van der Waals surface area contributed by atoms with Gasteiger partial charge in [0.15, 0.2) is 0 Å². The van der Waals surface area contributed by atoms with Crippen LogP contribution in [0.4, 0.5) is 0 Å². The zero-order chi connectivity index (χ0) is 6.95. The average Bonchev–Trinajstić information content (AvgIpc) is 1.89. The summed E-state index contributed by atoms with van der Waals surface area (Å²) in [5.41, 5.74) is 2.59. The Kier molecular flexibility index (Phi) is 6.22. The summed E-state index contributed by atoms with van der Waals surface area (Å²) in [4.78, 5) is 0. The van der Waals surface area contributed by atoms with Crippen LogP contribution in [-0.4, -0.2) is 23.4 Å². The molecule has 9 heavy (non-hydrogen) atoms. The normalized spacial score (nSPS) is 6.44. The second-order valence-electron chi connectivity index (χ2n) is 1.18. The topological polar surface area (TPSA) is 40.5 Å². The molecule has 2 N–H and O–H groups in total. The first-order valence-corrected chi connectivity index (χ1v) is 2.51. The van der Waals surface area contributed by atoms with E-state index in [9.17, 15) is 0 Å². The molecule has 0 aromatic heterocycles. The molecule has 0 aliphatic rings. The van der Waals surface area contributed by atoms with E-state index in [1.54, 1.807) is 0 Å². The van der Waals surface area contributed by atoms with Crippen LogP contribution in [-0.2, 0) is 0 Å². The standard InChI is InChI=1S/C7H8O2/c8-6-4-2-1-3-5-7-9/h1,4,8-9H,6-7H2. The second-order valence-corrected chi connectivity index (χ2v) is 1.18. The molecule has 0 bridgehead atoms. The lowest BCUT2D eigenvalue weighted by atomic mass is 10.5. The molecule has 0 unspecified atom stereocenters. The molecule has 0 saturated carbocycles. The van der Waals surface area contributed by atoms with Crippen LogP contribution in [0.1, 0.15) is 0 Å². The van der Waals surface area contributed by atoms with E-state index >= 15 is 0 Å². The quantitative estimate of drug-likeness (QED) is 0.371. The van der Waals surface area contributed by atoms with Gasteiger partial charge in [-0.1, -0.05) is 11.8 Å². The van der Waals surface area contributed by atoms with Crippen LogP contribution in [0.2, 0.25) is 0 Å². The molecule has 0 heterocycles. The Morgan fingerprint density at radius 3 is 2.67 bits per heavy atom. The first-order chi connectivity index (χ1) is 4.41. The number of aliphatic hydroxyl groups excluding tert-OH is 2. The number of hydrogen-bond donors (Lipinski definition) is 2. The lowest BCUT2D eigenvalue weighted by Crippen LogP contribution is -1.68. The Morgan fingerprint density at radius 1 is 1.33 bits per heavy atom. The molecule has 0 aliphatic heterocycles. The molecule has 48 valence electrons. The van der Waals surface area contributed by atoms with Crippen LogP contribution in [0.5, 0.6) is 0 Å². The van der Waals surface area contributed by atoms with Crippen LogP contribution in [0.25, 0.3) is 0 Å². The third-order valence-electron chi connectivity index (χ3n) is 0.546. The fraction of sp³-hybridized carbons (Fsp3) is 0.286. The van der Waals surface area contributed by atoms with E-state index in [1.807, 2.05) is 0 Å². The summed E-state index contributed by atoms with van der Waals surface area (Å²) in [5.74, 6) is 4.88. The summed E-state index contributed by atoms with van der Waals surface area (Å²) >= 11 is 0. The first-order valence-electron chi connectivity index (χ1n) is 2.51. The lowest BCUT2D eigenvalue weighted by Gasteiger charge is -1.66. The highest BCUT2D eigenvalue weighted by atomic mass is 16.3. The Balaban J connectivity index is 3.58. The maximum absolute atomic E-state index is 8.19. The van der Waals surface area contributed by atoms with Gasteiger partial charge in [0.1, 0.15) is 6.61 Å². The number of hydrogen-bond acceptors (Lipinski definition) is 2. The summed E-state index contributed by atoms with van der Waals surface area (Å²) in [7, 11) is 0. The lowest BCUT2D eigenvalue weighted by molar-refractivity contribution is 0.343. The minimum absolute atomic E-state index is 0.0305. The highest BCUT2D eigenvalue weighted by Gasteiger charge is 1.58. The summed E-state index contributed by atoms with van der Waals surface area (Å²) in [5, 5.41) is 16.3. The van der Waals surface area contributed by atoms with E-state index in [-0.39, 0.29) is 13.2 Å². The van der Waals surface area contributed by atoms with Crippen LogP contribution in [0.15, 0.2) is 17.9 Å². The van der Waals surface area contributed by atoms with Gasteiger partial charge in [-0.15, -0.1) is 5.73 Å². The molecule has 0 aliphatic carbocycles. The van der Waals surface area contributed by atoms with Crippen LogP contribution in [0, 0.1) is 11.8 Å². The second kappa shape index (κ2) is 7.00. The smallest absolute Gasteiger partial charge is 0.104 e. The van der Waals surface area contributed by atoms with Crippen LogP contribution >= 0.6 is 0 Å². The van der Waals surface area contributed by atoms with E-state index in [4.69, 9.17) is 10.2 Å². The average molecular weight is 124 g/mol. The van der Waals surface area contributed by atoms with Crippen molar-refractivity contribution < 1.29 is 10.2 Å². The molecule has 0 amide bonds. The highest BCUT2D eigenvalue weighted by molar-refractivity contribution is 5.14. The van der Waals surface area contributed by atoms with Gasteiger partial charge in [-0.05, 0) is 6.08 Å². The van der Waals surface area contributed by atoms with Gasteiger partial charge in [0.2, 0.25) is 0 Å². The van der Waals surface area contributed by atoms with Gasteiger partial charge in [-0.2, -0.15) is 0 Å². The van der Waals surface area contributed by atoms with Crippen molar-refractivity contribution in [2.75, 3.05) is 13.2 Å².